The summed E-state index contributed by atoms with van der Waals surface area (Å²) in [4.78, 5) is 21.9. The number of rotatable bonds is 7. The van der Waals surface area contributed by atoms with Crippen LogP contribution in [0.15, 0.2) is 92.3 Å². The van der Waals surface area contributed by atoms with E-state index in [0.717, 1.165) is 31.3 Å². The van der Waals surface area contributed by atoms with Crippen molar-refractivity contribution in [2.24, 2.45) is 0 Å². The highest BCUT2D eigenvalue weighted by molar-refractivity contribution is 9.10. The molecule has 3 aromatic carbocycles. The van der Waals surface area contributed by atoms with Gasteiger partial charge in [-0.25, -0.2) is 9.97 Å². The van der Waals surface area contributed by atoms with Crippen LogP contribution in [0.1, 0.15) is 0 Å². The highest BCUT2D eigenvalue weighted by Gasteiger charge is 2.16. The third-order valence-electron chi connectivity index (χ3n) is 5.13. The Labute approximate surface area is 243 Å². The Morgan fingerprint density at radius 3 is 2.05 bits per heavy atom. The van der Waals surface area contributed by atoms with Crippen LogP contribution in [0, 0.1) is 0 Å². The first-order valence-electron chi connectivity index (χ1n) is 10.9. The smallest absolute Gasteiger partial charge is 0.236 e. The van der Waals surface area contributed by atoms with E-state index in [9.17, 15) is 4.79 Å². The van der Waals surface area contributed by atoms with Crippen molar-refractivity contribution in [3.8, 4) is 33.8 Å². The van der Waals surface area contributed by atoms with Crippen LogP contribution in [-0.2, 0) is 4.79 Å². The van der Waals surface area contributed by atoms with E-state index in [0.29, 0.717) is 26.7 Å². The fourth-order valence-corrected chi connectivity index (χ4v) is 5.33. The van der Waals surface area contributed by atoms with Crippen molar-refractivity contribution in [2.75, 3.05) is 11.1 Å². The summed E-state index contributed by atoms with van der Waals surface area (Å²) in [5, 5.41) is 15.1. The molecule has 0 aliphatic heterocycles. The molecule has 184 valence electrons. The first-order chi connectivity index (χ1) is 17.9. The lowest BCUT2D eigenvalue weighted by molar-refractivity contribution is -0.113. The van der Waals surface area contributed by atoms with Crippen LogP contribution >= 0.6 is 66.6 Å². The molecule has 6 nitrogen and oxygen atoms in total. The van der Waals surface area contributed by atoms with Crippen LogP contribution in [0.4, 0.5) is 5.13 Å². The van der Waals surface area contributed by atoms with Gasteiger partial charge in [0.15, 0.2) is 5.13 Å². The number of thioether (sulfide) groups is 1. The average Bonchev–Trinajstić information content (AvgIpc) is 3.37. The first-order valence-corrected chi connectivity index (χ1v) is 14.7. The molecule has 11 heteroatoms. The quantitative estimate of drug-likeness (QED) is 0.175. The number of amides is 1. The molecule has 0 aliphatic carbocycles. The predicted molar refractivity (Wildman–Crippen MR) is 158 cm³/mol. The van der Waals surface area contributed by atoms with Gasteiger partial charge in [-0.05, 0) is 36.4 Å². The molecule has 0 atom stereocenters. The summed E-state index contributed by atoms with van der Waals surface area (Å²) in [5.74, 6) is -0.0811. The van der Waals surface area contributed by atoms with Crippen molar-refractivity contribution in [1.82, 2.24) is 20.2 Å². The van der Waals surface area contributed by atoms with Gasteiger partial charge in [0.25, 0.3) is 0 Å². The number of benzene rings is 3. The van der Waals surface area contributed by atoms with E-state index < -0.39 is 0 Å². The molecule has 0 saturated heterocycles. The highest BCUT2D eigenvalue weighted by atomic mass is 79.9. The van der Waals surface area contributed by atoms with Gasteiger partial charge >= 0.3 is 0 Å². The van der Waals surface area contributed by atoms with Crippen LogP contribution in [0.5, 0.6) is 0 Å². The second-order valence-corrected chi connectivity index (χ2v) is 11.8. The predicted octanol–water partition coefficient (Wildman–Crippen LogP) is 8.24. The van der Waals surface area contributed by atoms with E-state index in [-0.39, 0.29) is 11.7 Å². The van der Waals surface area contributed by atoms with Gasteiger partial charge in [0, 0.05) is 36.0 Å². The summed E-state index contributed by atoms with van der Waals surface area (Å²) >= 11 is 15.5. The molecule has 5 rings (SSSR count). The Hall–Kier alpha value is -2.63. The fourth-order valence-electron chi connectivity index (χ4n) is 3.35. The van der Waals surface area contributed by atoms with Crippen LogP contribution < -0.4 is 5.32 Å². The maximum Gasteiger partial charge on any atom is 0.236 e. The Morgan fingerprint density at radius 2 is 1.41 bits per heavy atom. The van der Waals surface area contributed by atoms with Crippen molar-refractivity contribution >= 4 is 77.6 Å². The fraction of sp³-hybridized carbons (Fsp3) is 0.0385. The number of carbonyl (C=O) groups excluding carboxylic acids is 1. The van der Waals surface area contributed by atoms with Crippen molar-refractivity contribution in [3.63, 3.8) is 0 Å². The molecule has 37 heavy (non-hydrogen) atoms. The Morgan fingerprint density at radius 1 is 0.811 bits per heavy atom. The summed E-state index contributed by atoms with van der Waals surface area (Å²) < 4.78 is 1.94. The average molecular weight is 674 g/mol. The molecular formula is C26H16Br2ClN5OS2. The molecule has 0 aliphatic rings. The van der Waals surface area contributed by atoms with Gasteiger partial charge in [0.05, 0.1) is 11.4 Å². The SMILES string of the molecule is O=C(CSc1nnc(-c2ccc(Br)cc2)c(-c2ccc(Br)cc2)n1)Nc1nc(-c2ccc(Cl)cc2)cs1. The van der Waals surface area contributed by atoms with E-state index in [2.05, 4.69) is 52.4 Å². The second-order valence-electron chi connectivity index (χ2n) is 7.69. The summed E-state index contributed by atoms with van der Waals surface area (Å²) in [6.45, 7) is 0. The third kappa shape index (κ3) is 6.63. The number of aromatic nitrogens is 4. The monoisotopic (exact) mass is 671 g/mol. The van der Waals surface area contributed by atoms with Crippen LogP contribution in [0.3, 0.4) is 0 Å². The summed E-state index contributed by atoms with van der Waals surface area (Å²) in [6.07, 6.45) is 0. The summed E-state index contributed by atoms with van der Waals surface area (Å²) in [6, 6.07) is 23.1. The molecule has 2 aromatic heterocycles. The van der Waals surface area contributed by atoms with Crippen LogP contribution in [0.2, 0.25) is 5.02 Å². The minimum absolute atomic E-state index is 0.120. The maximum absolute atomic E-state index is 12.6. The van der Waals surface area contributed by atoms with E-state index >= 15 is 0 Å². The first kappa shape index (κ1) is 26.0. The lowest BCUT2D eigenvalue weighted by Gasteiger charge is -2.10. The molecule has 0 spiro atoms. The third-order valence-corrected chi connectivity index (χ3v) is 8.03. The highest BCUT2D eigenvalue weighted by Crippen LogP contribution is 2.32. The van der Waals surface area contributed by atoms with Crippen molar-refractivity contribution < 1.29 is 4.79 Å². The lowest BCUT2D eigenvalue weighted by Crippen LogP contribution is -2.14. The number of hydrogen-bond acceptors (Lipinski definition) is 7. The maximum atomic E-state index is 12.6. The standard InChI is InChI=1S/C26H16Br2ClN5OS2/c27-18-7-1-16(2-8-18)23-24(17-3-9-19(28)10-4-17)33-34-26(32-23)37-14-22(35)31-25-30-21(13-36-25)15-5-11-20(29)12-6-15/h1-13H,14H2,(H,30,31,35). The molecule has 0 fully saturated rings. The number of carbonyl (C=O) groups is 1. The molecule has 2 heterocycles. The van der Waals surface area contributed by atoms with Crippen LogP contribution in [-0.4, -0.2) is 31.8 Å². The zero-order valence-corrected chi connectivity index (χ0v) is 24.4. The Bertz CT molecular complexity index is 1550. The number of nitrogens with zero attached hydrogens (tertiary/aromatic N) is 4. The summed E-state index contributed by atoms with van der Waals surface area (Å²) in [5.41, 5.74) is 4.87. The van der Waals surface area contributed by atoms with Gasteiger partial charge in [0.2, 0.25) is 11.1 Å². The van der Waals surface area contributed by atoms with Crippen molar-refractivity contribution in [1.29, 1.82) is 0 Å². The number of anilines is 1. The van der Waals surface area contributed by atoms with E-state index in [1.54, 1.807) is 0 Å². The topological polar surface area (TPSA) is 80.7 Å². The van der Waals surface area contributed by atoms with Crippen molar-refractivity contribution in [2.45, 2.75) is 5.16 Å². The Balaban J connectivity index is 1.31. The normalized spacial score (nSPS) is 10.9. The lowest BCUT2D eigenvalue weighted by atomic mass is 10.0. The van der Waals surface area contributed by atoms with Gasteiger partial charge in [-0.1, -0.05) is 91.6 Å². The van der Waals surface area contributed by atoms with Gasteiger partial charge in [0.1, 0.15) is 11.4 Å². The Kier molecular flexibility index (Phi) is 8.31. The van der Waals surface area contributed by atoms with E-state index in [1.165, 1.54) is 23.1 Å². The number of thiazole rings is 1. The van der Waals surface area contributed by atoms with Gasteiger partial charge in [-0.3, -0.25) is 4.79 Å². The number of nitrogens with one attached hydrogen (secondary N) is 1. The largest absolute Gasteiger partial charge is 0.301 e. The van der Waals surface area contributed by atoms with E-state index in [4.69, 9.17) is 16.6 Å². The summed E-state index contributed by atoms with van der Waals surface area (Å²) in [7, 11) is 0. The molecule has 1 N–H and O–H groups in total. The molecule has 0 radical (unpaired) electrons. The molecule has 5 aromatic rings. The zero-order chi connectivity index (χ0) is 25.8. The minimum atomic E-state index is -0.201. The number of hydrogen-bond donors (Lipinski definition) is 1. The van der Waals surface area contributed by atoms with Gasteiger partial charge in [-0.15, -0.1) is 21.5 Å². The van der Waals surface area contributed by atoms with E-state index in [1.807, 2.05) is 78.2 Å². The molecular weight excluding hydrogens is 658 g/mol. The van der Waals surface area contributed by atoms with Crippen molar-refractivity contribution in [3.05, 3.63) is 92.1 Å². The molecule has 0 saturated carbocycles. The van der Waals surface area contributed by atoms with Gasteiger partial charge < -0.3 is 5.32 Å². The molecule has 0 unspecified atom stereocenters. The minimum Gasteiger partial charge on any atom is -0.301 e. The molecule has 0 bridgehead atoms. The van der Waals surface area contributed by atoms with Crippen LogP contribution in [0.25, 0.3) is 33.8 Å². The molecule has 1 amide bonds. The zero-order valence-electron chi connectivity index (χ0n) is 18.9. The second kappa shape index (κ2) is 11.8. The number of halogens is 3. The van der Waals surface area contributed by atoms with Gasteiger partial charge in [-0.2, -0.15) is 0 Å².